The fourth-order valence-electron chi connectivity index (χ4n) is 6.85. The van der Waals surface area contributed by atoms with Gasteiger partial charge in [0.2, 0.25) is 5.91 Å². The number of carbonyl (C=O) groups is 6. The van der Waals surface area contributed by atoms with Crippen LogP contribution < -0.4 is 25.2 Å². The van der Waals surface area contributed by atoms with E-state index in [1.165, 1.54) is 67.3 Å². The van der Waals surface area contributed by atoms with E-state index >= 15 is 4.79 Å². The molecule has 2 aliphatic rings. The number of carboxylic acid groups (broad SMARTS) is 1. The lowest BCUT2D eigenvalue weighted by Crippen LogP contribution is -2.60. The van der Waals surface area contributed by atoms with Crippen molar-refractivity contribution < 1.29 is 52.8 Å². The van der Waals surface area contributed by atoms with Crippen LogP contribution in [0, 0.1) is 17.4 Å². The third-order valence-corrected chi connectivity index (χ3v) is 10.2. The molecule has 0 radical (unpaired) electrons. The Morgan fingerprint density at radius 3 is 2.35 bits per heavy atom. The first-order chi connectivity index (χ1) is 29.9. The Labute approximate surface area is 365 Å². The number of amides is 5. The van der Waals surface area contributed by atoms with Crippen molar-refractivity contribution in [3.05, 3.63) is 100 Å². The Balaban J connectivity index is 1.51. The van der Waals surface area contributed by atoms with Crippen LogP contribution >= 0.6 is 0 Å². The molecule has 17 heteroatoms. The lowest BCUT2D eigenvalue weighted by atomic mass is 9.95. The van der Waals surface area contributed by atoms with Gasteiger partial charge in [0.25, 0.3) is 17.7 Å². The molecule has 0 saturated carbocycles. The molecule has 3 atom stereocenters. The van der Waals surface area contributed by atoms with Gasteiger partial charge in [0.1, 0.15) is 47.8 Å². The van der Waals surface area contributed by atoms with Crippen molar-refractivity contribution >= 4 is 59.2 Å². The number of nitrogens with one attached hydrogen (secondary N) is 2. The fourth-order valence-corrected chi connectivity index (χ4v) is 6.85. The predicted molar refractivity (Wildman–Crippen MR) is 232 cm³/mol. The van der Waals surface area contributed by atoms with Gasteiger partial charge in [-0.25, -0.2) is 9.59 Å². The second-order valence-electron chi connectivity index (χ2n) is 15.7. The van der Waals surface area contributed by atoms with Crippen LogP contribution in [0.4, 0.5) is 16.2 Å². The predicted octanol–water partition coefficient (Wildman–Crippen LogP) is 4.58. The molecule has 5 rings (SSSR count). The lowest BCUT2D eigenvalue weighted by molar-refractivity contribution is -0.142. The van der Waals surface area contributed by atoms with Gasteiger partial charge >= 0.3 is 12.1 Å². The van der Waals surface area contributed by atoms with Gasteiger partial charge in [0.15, 0.2) is 0 Å². The lowest BCUT2D eigenvalue weighted by Gasteiger charge is -2.34. The normalized spacial score (nSPS) is 15.7. The first-order valence-corrected chi connectivity index (χ1v) is 20.1. The third kappa shape index (κ3) is 11.4. The van der Waals surface area contributed by atoms with E-state index in [4.69, 9.17) is 24.1 Å². The van der Waals surface area contributed by atoms with Gasteiger partial charge in [-0.15, -0.1) is 0 Å². The van der Waals surface area contributed by atoms with E-state index in [1.807, 2.05) is 12.1 Å². The van der Waals surface area contributed by atoms with E-state index in [-0.39, 0.29) is 61.0 Å². The highest BCUT2D eigenvalue weighted by Gasteiger charge is 2.44. The van der Waals surface area contributed by atoms with Crippen molar-refractivity contribution in [1.29, 1.82) is 5.26 Å². The van der Waals surface area contributed by atoms with Crippen LogP contribution in [0.25, 0.3) is 12.2 Å². The first-order valence-electron chi connectivity index (χ1n) is 20.1. The monoisotopic (exact) mass is 863 g/mol. The number of nitrogens with zero attached hydrogens (tertiary/aromatic N) is 4. The van der Waals surface area contributed by atoms with Crippen LogP contribution in [0.1, 0.15) is 77.6 Å². The van der Waals surface area contributed by atoms with Crippen molar-refractivity contribution in [2.75, 3.05) is 56.9 Å². The number of methoxy groups -OCH3 is 1. The van der Waals surface area contributed by atoms with E-state index in [1.54, 1.807) is 52.0 Å². The molecule has 1 heterocycles. The summed E-state index contributed by atoms with van der Waals surface area (Å²) in [4.78, 5) is 84.6. The number of hydrogen-bond donors (Lipinski definition) is 3. The summed E-state index contributed by atoms with van der Waals surface area (Å²) in [5.74, 6) is -2.94. The molecular formula is C46H51N6O11+. The highest BCUT2D eigenvalue weighted by molar-refractivity contribution is 6.14. The quantitative estimate of drug-likeness (QED) is 0.133. The van der Waals surface area contributed by atoms with Crippen LogP contribution in [0.5, 0.6) is 5.75 Å². The minimum Gasteiger partial charge on any atom is -0.496 e. The summed E-state index contributed by atoms with van der Waals surface area (Å²) < 4.78 is 21.5. The highest BCUT2D eigenvalue weighted by Crippen LogP contribution is 2.40. The zero-order valence-corrected chi connectivity index (χ0v) is 36.2. The molecule has 0 aromatic heterocycles. The summed E-state index contributed by atoms with van der Waals surface area (Å²) in [6.45, 7) is 8.17. The number of carboxylic acids is 1. The molecule has 3 N–H and O–H groups in total. The SMILES string of the molecule is COc1ccc2c(c1CN1C(=O)[C@@H](NC(=O)[C@@H](C)N(C)C(=O)OC(C)(C)C)[C@@H](C)N(C(=O)c3ccc(C(=O)NCCOCCOCC(=O)O)cc3)c3cc(C#N)ccc31)C=C[C+]=C2. The number of nitriles is 1. The third-order valence-electron chi connectivity index (χ3n) is 10.2. The van der Waals surface area contributed by atoms with Crippen molar-refractivity contribution in [2.24, 2.45) is 0 Å². The van der Waals surface area contributed by atoms with E-state index in [9.17, 15) is 29.2 Å². The Bertz CT molecular complexity index is 2330. The van der Waals surface area contributed by atoms with Crippen LogP contribution in [0.15, 0.2) is 60.7 Å². The number of benzene rings is 3. The number of carbonyl (C=O) groups excluding carboxylic acids is 5. The Morgan fingerprint density at radius 2 is 1.68 bits per heavy atom. The van der Waals surface area contributed by atoms with Crippen LogP contribution in [0.3, 0.4) is 0 Å². The summed E-state index contributed by atoms with van der Waals surface area (Å²) in [6.07, 6.45) is 7.70. The molecule has 3 aromatic rings. The molecule has 3 aromatic carbocycles. The van der Waals surface area contributed by atoms with Gasteiger partial charge in [0, 0.05) is 42.4 Å². The molecule has 63 heavy (non-hydrogen) atoms. The second-order valence-corrected chi connectivity index (χ2v) is 15.7. The van der Waals surface area contributed by atoms with Gasteiger partial charge in [0.05, 0.1) is 74.2 Å². The molecule has 0 fully saturated rings. The standard InChI is InChI=1S/C46H50N6O11/c1-28-40(49-41(55)29(2)50(6)45(59)63-46(3,4)5)44(58)51(26-35-34-11-9-8-10-31(34)17-19-38(35)60-7)36-18-12-30(25-47)24-37(36)52(28)43(57)33-15-13-32(14-16-33)42(56)48-20-21-61-22-23-62-27-39(53)54/h9-19,24,28-29,40H,20-23,26-27H2,1-7H3,(H2-,48,49,53,54,55,56)/p+1/t28-,29-,40+/m1/s1. The average molecular weight is 864 g/mol. The van der Waals surface area contributed by atoms with Gasteiger partial charge in [-0.1, -0.05) is 0 Å². The molecule has 0 bridgehead atoms. The van der Waals surface area contributed by atoms with Gasteiger partial charge in [-0.2, -0.15) is 5.26 Å². The van der Waals surface area contributed by atoms with Crippen LogP contribution in [-0.2, 0) is 35.1 Å². The van der Waals surface area contributed by atoms with Gasteiger partial charge in [-0.3, -0.25) is 24.1 Å². The largest absolute Gasteiger partial charge is 0.496 e. The summed E-state index contributed by atoms with van der Waals surface area (Å²) in [7, 11) is 2.92. The minimum absolute atomic E-state index is 0.0788. The van der Waals surface area contributed by atoms with Gasteiger partial charge < -0.3 is 44.5 Å². The van der Waals surface area contributed by atoms with E-state index in [2.05, 4.69) is 22.8 Å². The Kier molecular flexibility index (Phi) is 15.4. The molecule has 0 spiro atoms. The number of aliphatic carboxylic acids is 1. The summed E-state index contributed by atoms with van der Waals surface area (Å²) in [6, 6.07) is 12.6. The maximum atomic E-state index is 15.2. The maximum absolute atomic E-state index is 15.2. The zero-order valence-electron chi connectivity index (χ0n) is 36.2. The summed E-state index contributed by atoms with van der Waals surface area (Å²) in [5.41, 5.74) is 2.43. The number of fused-ring (bicyclic) bond motifs is 2. The molecule has 330 valence electrons. The van der Waals surface area contributed by atoms with Crippen LogP contribution in [-0.4, -0.2) is 117 Å². The Hall–Kier alpha value is -7.12. The van der Waals surface area contributed by atoms with Gasteiger partial charge in [-0.05, 0) is 83.1 Å². The van der Waals surface area contributed by atoms with E-state index in [0.29, 0.717) is 11.3 Å². The molecule has 0 unspecified atom stereocenters. The zero-order chi connectivity index (χ0) is 46.0. The first kappa shape index (κ1) is 46.9. The Morgan fingerprint density at radius 1 is 0.984 bits per heavy atom. The number of ether oxygens (including phenoxy) is 4. The van der Waals surface area contributed by atoms with Crippen molar-refractivity contribution in [1.82, 2.24) is 15.5 Å². The number of likely N-dealkylation sites (N-methyl/N-ethyl adjacent to an activating group) is 1. The number of rotatable bonds is 16. The molecule has 0 saturated heterocycles. The second kappa shape index (κ2) is 20.6. The molecule has 1 aliphatic heterocycles. The number of allylic oxidation sites excluding steroid dienone is 2. The summed E-state index contributed by atoms with van der Waals surface area (Å²) >= 11 is 0. The van der Waals surface area contributed by atoms with Crippen molar-refractivity contribution in [2.45, 2.75) is 64.9 Å². The summed E-state index contributed by atoms with van der Waals surface area (Å²) in [5, 5.41) is 24.3. The van der Waals surface area contributed by atoms with Crippen molar-refractivity contribution in [3.8, 4) is 11.8 Å². The number of anilines is 2. The topological polar surface area (TPSA) is 217 Å². The smallest absolute Gasteiger partial charge is 0.410 e. The fraction of sp³-hybridized carbons (Fsp3) is 0.370. The molecule has 5 amide bonds. The molecule has 1 aliphatic carbocycles. The highest BCUT2D eigenvalue weighted by atomic mass is 16.6. The number of hydrogen-bond acceptors (Lipinski definition) is 11. The maximum Gasteiger partial charge on any atom is 0.410 e. The van der Waals surface area contributed by atoms with Crippen LogP contribution in [0.2, 0.25) is 0 Å². The minimum atomic E-state index is -1.40. The molecule has 17 nitrogen and oxygen atoms in total. The van der Waals surface area contributed by atoms with E-state index in [0.717, 1.165) is 16.0 Å². The van der Waals surface area contributed by atoms with E-state index < -0.39 is 66.0 Å². The molecular weight excluding hydrogens is 813 g/mol. The van der Waals surface area contributed by atoms with Crippen molar-refractivity contribution in [3.63, 3.8) is 0 Å². The average Bonchev–Trinajstić information content (AvgIpc) is 3.33.